The Morgan fingerprint density at radius 1 is 1.20 bits per heavy atom. The third-order valence-corrected chi connectivity index (χ3v) is 5.50. The van der Waals surface area contributed by atoms with Crippen molar-refractivity contribution in [1.82, 2.24) is 0 Å². The quantitative estimate of drug-likeness (QED) is 0.731. The molecule has 0 N–H and O–H groups in total. The van der Waals surface area contributed by atoms with Gasteiger partial charge in [-0.25, -0.2) is 4.39 Å². The van der Waals surface area contributed by atoms with Crippen LogP contribution in [-0.2, 0) is 17.3 Å². The van der Waals surface area contributed by atoms with E-state index in [4.69, 9.17) is 11.6 Å². The van der Waals surface area contributed by atoms with Gasteiger partial charge in [0, 0.05) is 5.56 Å². The van der Waals surface area contributed by atoms with Gasteiger partial charge in [-0.05, 0) is 23.8 Å². The Bertz CT molecular complexity index is 885. The Hall–Kier alpha value is -1.93. The molecule has 25 heavy (non-hydrogen) atoms. The monoisotopic (exact) mass is 391 g/mol. The summed E-state index contributed by atoms with van der Waals surface area (Å²) in [5.41, 5.74) is 0.797. The number of hydrogen-bond donors (Lipinski definition) is 0. The number of alkyl halides is 3. The van der Waals surface area contributed by atoms with Crippen LogP contribution < -0.4 is 4.90 Å². The highest BCUT2D eigenvalue weighted by Gasteiger charge is 2.34. The summed E-state index contributed by atoms with van der Waals surface area (Å²) in [5, 5.41) is -0.381. The molecule has 0 saturated heterocycles. The van der Waals surface area contributed by atoms with Crippen LogP contribution in [0.1, 0.15) is 15.9 Å². The molecule has 1 atom stereocenters. The molecule has 0 aliphatic carbocycles. The van der Waals surface area contributed by atoms with Crippen molar-refractivity contribution in [2.45, 2.75) is 17.6 Å². The predicted octanol–water partition coefficient (Wildman–Crippen LogP) is 4.31. The molecule has 0 aromatic heterocycles. The summed E-state index contributed by atoms with van der Waals surface area (Å²) < 4.78 is 63.6. The van der Waals surface area contributed by atoms with E-state index in [0.717, 1.165) is 17.0 Å². The first kappa shape index (κ1) is 17.9. The van der Waals surface area contributed by atoms with Crippen molar-refractivity contribution in [3.8, 4) is 0 Å². The number of benzene rings is 2. The standard InChI is InChI=1S/C16H10ClF4NO2S/c17-11-5-12(18)13(6-14(11)25(24)8-16(19,20)21)22-7-9-3-1-2-4-10(9)15(22)23/h1-6H,7-8H2. The van der Waals surface area contributed by atoms with E-state index < -0.39 is 34.5 Å². The van der Waals surface area contributed by atoms with E-state index in [1.807, 2.05) is 0 Å². The van der Waals surface area contributed by atoms with Crippen molar-refractivity contribution in [1.29, 1.82) is 0 Å². The average molecular weight is 392 g/mol. The molecule has 132 valence electrons. The molecular formula is C16H10ClF4NO2S. The number of carbonyl (C=O) groups is 1. The second-order valence-electron chi connectivity index (χ2n) is 5.39. The molecule has 1 aliphatic rings. The van der Waals surface area contributed by atoms with E-state index in [0.29, 0.717) is 11.1 Å². The fraction of sp³-hybridized carbons (Fsp3) is 0.188. The fourth-order valence-corrected chi connectivity index (χ4v) is 3.96. The van der Waals surface area contributed by atoms with Crippen LogP contribution in [-0.4, -0.2) is 22.0 Å². The zero-order valence-corrected chi connectivity index (χ0v) is 14.0. The Morgan fingerprint density at radius 3 is 2.52 bits per heavy atom. The first-order valence-electron chi connectivity index (χ1n) is 7.01. The largest absolute Gasteiger partial charge is 0.400 e. The van der Waals surface area contributed by atoms with Crippen molar-refractivity contribution in [2.24, 2.45) is 0 Å². The van der Waals surface area contributed by atoms with E-state index in [2.05, 4.69) is 0 Å². The third kappa shape index (κ3) is 3.55. The van der Waals surface area contributed by atoms with Gasteiger partial charge in [0.2, 0.25) is 0 Å². The molecule has 0 spiro atoms. The highest BCUT2D eigenvalue weighted by Crippen LogP contribution is 2.35. The Labute approximate surface area is 147 Å². The second kappa shape index (κ2) is 6.42. The number of nitrogens with zero attached hydrogens (tertiary/aromatic N) is 1. The van der Waals surface area contributed by atoms with Gasteiger partial charge in [0.1, 0.15) is 11.6 Å². The van der Waals surface area contributed by atoms with Crippen molar-refractivity contribution >= 4 is 34.0 Å². The molecule has 0 fully saturated rings. The minimum absolute atomic E-state index is 0.0684. The van der Waals surface area contributed by atoms with Crippen LogP contribution in [0.3, 0.4) is 0 Å². The van der Waals surface area contributed by atoms with Gasteiger partial charge in [-0.1, -0.05) is 29.8 Å². The Balaban J connectivity index is 2.00. The zero-order chi connectivity index (χ0) is 18.4. The minimum atomic E-state index is -4.66. The van der Waals surface area contributed by atoms with Crippen LogP contribution in [0.2, 0.25) is 5.02 Å². The maximum absolute atomic E-state index is 14.3. The summed E-state index contributed by atoms with van der Waals surface area (Å²) in [5.74, 6) is -2.96. The first-order valence-corrected chi connectivity index (χ1v) is 8.71. The van der Waals surface area contributed by atoms with E-state index >= 15 is 0 Å². The van der Waals surface area contributed by atoms with Crippen LogP contribution >= 0.6 is 11.6 Å². The molecule has 1 unspecified atom stereocenters. The topological polar surface area (TPSA) is 37.4 Å². The number of fused-ring (bicyclic) bond motifs is 1. The molecule has 3 nitrogen and oxygen atoms in total. The fourth-order valence-electron chi connectivity index (χ4n) is 2.58. The number of carbonyl (C=O) groups excluding carboxylic acids is 1. The highest BCUT2D eigenvalue weighted by molar-refractivity contribution is 7.85. The van der Waals surface area contributed by atoms with E-state index in [9.17, 15) is 26.6 Å². The molecule has 2 aromatic rings. The lowest BCUT2D eigenvalue weighted by Gasteiger charge is -2.18. The van der Waals surface area contributed by atoms with E-state index in [1.54, 1.807) is 24.3 Å². The molecule has 0 bridgehead atoms. The Morgan fingerprint density at radius 2 is 1.88 bits per heavy atom. The normalized spacial score (nSPS) is 15.4. The van der Waals surface area contributed by atoms with Crippen molar-refractivity contribution in [3.05, 3.63) is 58.4 Å². The van der Waals surface area contributed by atoms with Gasteiger partial charge in [0.25, 0.3) is 5.91 Å². The molecule has 2 aromatic carbocycles. The lowest BCUT2D eigenvalue weighted by molar-refractivity contribution is -0.105. The number of halogens is 5. The van der Waals surface area contributed by atoms with Crippen LogP contribution in [0.4, 0.5) is 23.2 Å². The zero-order valence-electron chi connectivity index (χ0n) is 12.4. The summed E-state index contributed by atoms with van der Waals surface area (Å²) in [4.78, 5) is 13.1. The third-order valence-electron chi connectivity index (χ3n) is 3.65. The van der Waals surface area contributed by atoms with Gasteiger partial charge >= 0.3 is 6.18 Å². The van der Waals surface area contributed by atoms with Gasteiger partial charge in [0.05, 0.1) is 32.9 Å². The first-order chi connectivity index (χ1) is 11.7. The maximum Gasteiger partial charge on any atom is 0.400 e. The molecule has 1 heterocycles. The van der Waals surface area contributed by atoms with Crippen molar-refractivity contribution in [3.63, 3.8) is 0 Å². The van der Waals surface area contributed by atoms with E-state index in [-0.39, 0.29) is 22.2 Å². The predicted molar refractivity (Wildman–Crippen MR) is 85.7 cm³/mol. The van der Waals surface area contributed by atoms with Gasteiger partial charge < -0.3 is 4.90 Å². The number of amides is 1. The smallest absolute Gasteiger partial charge is 0.301 e. The van der Waals surface area contributed by atoms with Crippen LogP contribution in [0.15, 0.2) is 41.3 Å². The minimum Gasteiger partial charge on any atom is -0.301 e. The Kier molecular flexibility index (Phi) is 4.59. The second-order valence-corrected chi connectivity index (χ2v) is 7.21. The molecule has 0 saturated carbocycles. The van der Waals surface area contributed by atoms with Crippen LogP contribution in [0, 0.1) is 5.82 Å². The maximum atomic E-state index is 14.3. The lowest BCUT2D eigenvalue weighted by atomic mass is 10.1. The molecule has 9 heteroatoms. The van der Waals surface area contributed by atoms with Crippen molar-refractivity contribution in [2.75, 3.05) is 10.7 Å². The number of rotatable bonds is 3. The van der Waals surface area contributed by atoms with Crippen LogP contribution in [0.5, 0.6) is 0 Å². The van der Waals surface area contributed by atoms with Crippen molar-refractivity contribution < 1.29 is 26.6 Å². The molecule has 1 amide bonds. The number of hydrogen-bond acceptors (Lipinski definition) is 2. The van der Waals surface area contributed by atoms with Gasteiger partial charge in [-0.3, -0.25) is 9.00 Å². The summed E-state index contributed by atoms with van der Waals surface area (Å²) >= 11 is 5.75. The molecular weight excluding hydrogens is 382 g/mol. The number of anilines is 1. The van der Waals surface area contributed by atoms with E-state index in [1.165, 1.54) is 0 Å². The molecule has 1 aliphatic heterocycles. The molecule has 3 rings (SSSR count). The summed E-state index contributed by atoms with van der Waals surface area (Å²) in [6.07, 6.45) is -4.66. The van der Waals surface area contributed by atoms with Gasteiger partial charge in [-0.2, -0.15) is 13.2 Å². The molecule has 0 radical (unpaired) electrons. The lowest BCUT2D eigenvalue weighted by Crippen LogP contribution is -2.25. The summed E-state index contributed by atoms with van der Waals surface area (Å²) in [6.45, 7) is 0.0684. The highest BCUT2D eigenvalue weighted by atomic mass is 35.5. The van der Waals surface area contributed by atoms with Crippen LogP contribution in [0.25, 0.3) is 0 Å². The van der Waals surface area contributed by atoms with Gasteiger partial charge in [0.15, 0.2) is 0 Å². The summed E-state index contributed by atoms with van der Waals surface area (Å²) in [6, 6.07) is 8.37. The summed E-state index contributed by atoms with van der Waals surface area (Å²) in [7, 11) is -2.51. The SMILES string of the molecule is O=C1c2ccccc2CN1c1cc(S(=O)CC(F)(F)F)c(Cl)cc1F. The van der Waals surface area contributed by atoms with Gasteiger partial charge in [-0.15, -0.1) is 0 Å². The average Bonchev–Trinajstić information content (AvgIpc) is 2.83.